The number of halogens is 2. The van der Waals surface area contributed by atoms with Crippen LogP contribution in [0.15, 0.2) is 48.5 Å². The Morgan fingerprint density at radius 1 is 1.17 bits per heavy atom. The largest absolute Gasteiger partial charge is 0.335 e. The van der Waals surface area contributed by atoms with E-state index in [9.17, 15) is 13.6 Å². The highest BCUT2D eigenvalue weighted by molar-refractivity contribution is 5.94. The van der Waals surface area contributed by atoms with Crippen LogP contribution >= 0.6 is 0 Å². The van der Waals surface area contributed by atoms with Crippen molar-refractivity contribution in [3.05, 3.63) is 71.3 Å². The van der Waals surface area contributed by atoms with Gasteiger partial charge in [-0.2, -0.15) is 0 Å². The number of rotatable bonds is 4. The van der Waals surface area contributed by atoms with Crippen molar-refractivity contribution >= 4 is 5.91 Å². The lowest BCUT2D eigenvalue weighted by atomic mass is 9.87. The van der Waals surface area contributed by atoms with Crippen LogP contribution < -0.4 is 0 Å². The number of likely N-dealkylation sites (tertiary alicyclic amines) is 1. The lowest BCUT2D eigenvalue weighted by Crippen LogP contribution is -2.39. The van der Waals surface area contributed by atoms with Crippen molar-refractivity contribution in [2.24, 2.45) is 0 Å². The van der Waals surface area contributed by atoms with Crippen molar-refractivity contribution in [1.29, 1.82) is 0 Å². The normalized spacial score (nSPS) is 18.6. The Morgan fingerprint density at radius 3 is 2.46 bits per heavy atom. The van der Waals surface area contributed by atoms with Gasteiger partial charge >= 0.3 is 0 Å². The Bertz CT molecular complexity index is 697. The Kier molecular flexibility index (Phi) is 4.93. The summed E-state index contributed by atoms with van der Waals surface area (Å²) in [5, 5.41) is 0. The monoisotopic (exact) mass is 329 g/mol. The summed E-state index contributed by atoms with van der Waals surface area (Å²) in [5.74, 6) is -1.49. The first kappa shape index (κ1) is 16.6. The molecule has 0 unspecified atom stereocenters. The summed E-state index contributed by atoms with van der Waals surface area (Å²) in [6.07, 6.45) is 2.74. The molecule has 1 aliphatic heterocycles. The van der Waals surface area contributed by atoms with Gasteiger partial charge in [-0.3, -0.25) is 4.79 Å². The fourth-order valence-corrected chi connectivity index (χ4v) is 3.74. The van der Waals surface area contributed by atoms with Crippen molar-refractivity contribution in [3.8, 4) is 0 Å². The van der Waals surface area contributed by atoms with Crippen LogP contribution in [-0.4, -0.2) is 23.4 Å². The Labute approximate surface area is 141 Å². The lowest BCUT2D eigenvalue weighted by molar-refractivity contribution is 0.0713. The van der Waals surface area contributed by atoms with E-state index in [4.69, 9.17) is 0 Å². The van der Waals surface area contributed by atoms with Crippen LogP contribution in [-0.2, 0) is 0 Å². The first-order valence-electron chi connectivity index (χ1n) is 8.42. The molecule has 1 amide bonds. The molecule has 0 radical (unpaired) electrons. The van der Waals surface area contributed by atoms with Crippen molar-refractivity contribution in [1.82, 2.24) is 4.90 Å². The van der Waals surface area contributed by atoms with E-state index in [2.05, 4.69) is 19.1 Å². The number of carbonyl (C=O) groups is 1. The Balaban J connectivity index is 1.88. The van der Waals surface area contributed by atoms with Gasteiger partial charge in [0.1, 0.15) is 11.6 Å². The second-order valence-electron chi connectivity index (χ2n) is 6.29. The molecule has 0 aliphatic carbocycles. The van der Waals surface area contributed by atoms with Crippen molar-refractivity contribution < 1.29 is 13.6 Å². The zero-order valence-corrected chi connectivity index (χ0v) is 13.7. The van der Waals surface area contributed by atoms with E-state index in [0.717, 1.165) is 37.5 Å². The average molecular weight is 329 g/mol. The third-order valence-corrected chi connectivity index (χ3v) is 4.80. The number of carbonyl (C=O) groups excluding carboxylic acids is 1. The van der Waals surface area contributed by atoms with Crippen molar-refractivity contribution in [2.45, 2.75) is 38.1 Å². The van der Waals surface area contributed by atoms with Crippen LogP contribution in [0.3, 0.4) is 0 Å². The SMILES string of the molecule is CC[C@H](c1ccccc1)[C@@H]1CCCN1C(=O)c1cc(F)cc(F)c1. The van der Waals surface area contributed by atoms with E-state index in [1.54, 1.807) is 4.90 Å². The average Bonchev–Trinajstić information content (AvgIpc) is 3.04. The molecule has 2 aromatic rings. The summed E-state index contributed by atoms with van der Waals surface area (Å²) < 4.78 is 26.9. The van der Waals surface area contributed by atoms with E-state index < -0.39 is 11.6 Å². The summed E-state index contributed by atoms with van der Waals surface area (Å²) in [4.78, 5) is 14.6. The zero-order valence-electron chi connectivity index (χ0n) is 13.7. The van der Waals surface area contributed by atoms with Crippen LogP contribution in [0.25, 0.3) is 0 Å². The maximum Gasteiger partial charge on any atom is 0.254 e. The van der Waals surface area contributed by atoms with Gasteiger partial charge in [0.05, 0.1) is 0 Å². The molecule has 0 N–H and O–H groups in total. The number of hydrogen-bond acceptors (Lipinski definition) is 1. The van der Waals surface area contributed by atoms with E-state index in [1.807, 2.05) is 18.2 Å². The number of amides is 1. The summed E-state index contributed by atoms with van der Waals surface area (Å²) in [6.45, 7) is 2.74. The maximum atomic E-state index is 13.5. The van der Waals surface area contributed by atoms with Gasteiger partial charge in [0.25, 0.3) is 5.91 Å². The topological polar surface area (TPSA) is 20.3 Å². The predicted molar refractivity (Wildman–Crippen MR) is 89.9 cm³/mol. The van der Waals surface area contributed by atoms with Gasteiger partial charge in [-0.15, -0.1) is 0 Å². The molecule has 3 rings (SSSR count). The summed E-state index contributed by atoms with van der Waals surface area (Å²) in [7, 11) is 0. The van der Waals surface area contributed by atoms with Crippen molar-refractivity contribution in [2.75, 3.05) is 6.54 Å². The van der Waals surface area contributed by atoms with Crippen LogP contribution in [0.2, 0.25) is 0 Å². The highest BCUT2D eigenvalue weighted by Gasteiger charge is 2.35. The van der Waals surface area contributed by atoms with Gasteiger partial charge in [0.15, 0.2) is 0 Å². The quantitative estimate of drug-likeness (QED) is 0.792. The van der Waals surface area contributed by atoms with Crippen molar-refractivity contribution in [3.63, 3.8) is 0 Å². The molecule has 0 bridgehead atoms. The predicted octanol–water partition coefficient (Wildman–Crippen LogP) is 4.76. The summed E-state index contributed by atoms with van der Waals surface area (Å²) in [6, 6.07) is 13.2. The van der Waals surface area contributed by atoms with Crippen LogP contribution in [0.5, 0.6) is 0 Å². The molecule has 2 atom stereocenters. The molecule has 1 saturated heterocycles. The molecule has 2 nitrogen and oxygen atoms in total. The van der Waals surface area contributed by atoms with Crippen LogP contribution in [0.4, 0.5) is 8.78 Å². The molecule has 1 heterocycles. The van der Waals surface area contributed by atoms with Gasteiger partial charge in [-0.05, 0) is 37.0 Å². The number of nitrogens with zero attached hydrogens (tertiary/aromatic N) is 1. The lowest BCUT2D eigenvalue weighted by Gasteiger charge is -2.31. The molecule has 1 fully saturated rings. The molecule has 24 heavy (non-hydrogen) atoms. The zero-order chi connectivity index (χ0) is 17.1. The standard InChI is InChI=1S/C20H21F2NO/c1-2-18(14-7-4-3-5-8-14)19-9-6-10-23(19)20(24)15-11-16(21)13-17(22)12-15/h3-5,7-8,11-13,18-19H,2,6,9-10H2,1H3/t18-,19+/m1/s1. The molecule has 2 aromatic carbocycles. The third kappa shape index (κ3) is 3.32. The number of hydrogen-bond donors (Lipinski definition) is 0. The second-order valence-corrected chi connectivity index (χ2v) is 6.29. The van der Waals surface area contributed by atoms with Crippen LogP contribution in [0.1, 0.15) is 48.0 Å². The first-order chi connectivity index (χ1) is 11.6. The summed E-state index contributed by atoms with van der Waals surface area (Å²) >= 11 is 0. The van der Waals surface area contributed by atoms with Gasteiger partial charge in [-0.1, -0.05) is 37.3 Å². The molecule has 0 aromatic heterocycles. The van der Waals surface area contributed by atoms with Gasteiger partial charge in [-0.25, -0.2) is 8.78 Å². The second kappa shape index (κ2) is 7.12. The molecule has 0 saturated carbocycles. The third-order valence-electron chi connectivity index (χ3n) is 4.80. The molecular formula is C20H21F2NO. The molecular weight excluding hydrogens is 308 g/mol. The maximum absolute atomic E-state index is 13.5. The van der Waals surface area contributed by atoms with Gasteiger partial charge in [0, 0.05) is 30.1 Å². The highest BCUT2D eigenvalue weighted by atomic mass is 19.1. The minimum absolute atomic E-state index is 0.0660. The molecule has 1 aliphatic rings. The smallest absolute Gasteiger partial charge is 0.254 e. The van der Waals surface area contributed by atoms with E-state index in [1.165, 1.54) is 5.56 Å². The summed E-state index contributed by atoms with van der Waals surface area (Å²) in [5.41, 5.74) is 1.29. The van der Waals surface area contributed by atoms with E-state index in [-0.39, 0.29) is 23.4 Å². The van der Waals surface area contributed by atoms with Crippen LogP contribution in [0, 0.1) is 11.6 Å². The Morgan fingerprint density at radius 2 is 1.83 bits per heavy atom. The minimum atomic E-state index is -0.718. The van der Waals surface area contributed by atoms with E-state index in [0.29, 0.717) is 6.54 Å². The first-order valence-corrected chi connectivity index (χ1v) is 8.42. The minimum Gasteiger partial charge on any atom is -0.335 e. The fraction of sp³-hybridized carbons (Fsp3) is 0.350. The number of benzene rings is 2. The fourth-order valence-electron chi connectivity index (χ4n) is 3.74. The molecule has 0 spiro atoms. The van der Waals surface area contributed by atoms with Gasteiger partial charge < -0.3 is 4.90 Å². The Hall–Kier alpha value is -2.23. The van der Waals surface area contributed by atoms with Gasteiger partial charge in [0.2, 0.25) is 0 Å². The highest BCUT2D eigenvalue weighted by Crippen LogP contribution is 2.34. The van der Waals surface area contributed by atoms with E-state index >= 15 is 0 Å². The molecule has 126 valence electrons. The molecule has 4 heteroatoms.